The highest BCUT2D eigenvalue weighted by molar-refractivity contribution is 9.08. The third kappa shape index (κ3) is 3.46. The quantitative estimate of drug-likeness (QED) is 0.716. The molecule has 2 aromatic rings. The molecule has 2 rings (SSSR count). The molecule has 0 saturated carbocycles. The molecular weight excluding hydrogens is 361 g/mol. The molecule has 0 saturated heterocycles. The largest absolute Gasteiger partial charge is 0.309 e. The van der Waals surface area contributed by atoms with Crippen molar-refractivity contribution < 1.29 is 0 Å². The molecule has 5 heteroatoms. The Balaban J connectivity index is 2.29. The van der Waals surface area contributed by atoms with E-state index < -0.39 is 0 Å². The summed E-state index contributed by atoms with van der Waals surface area (Å²) in [5.74, 6) is 0. The van der Waals surface area contributed by atoms with Gasteiger partial charge in [0.15, 0.2) is 0 Å². The first kappa shape index (κ1) is 15.6. The fourth-order valence-corrected chi connectivity index (χ4v) is 3.32. The number of nitrogens with zero attached hydrogens (tertiary/aromatic N) is 1. The molecule has 0 N–H and O–H groups in total. The number of aromatic nitrogens is 1. The summed E-state index contributed by atoms with van der Waals surface area (Å²) in [5, 5.41) is 1.19. The molecule has 0 spiro atoms. The van der Waals surface area contributed by atoms with E-state index in [1.807, 2.05) is 6.92 Å². The van der Waals surface area contributed by atoms with Crippen molar-refractivity contribution in [1.82, 2.24) is 4.57 Å². The minimum Gasteiger partial charge on any atom is -0.309 e. The third-order valence-electron chi connectivity index (χ3n) is 3.18. The van der Waals surface area contributed by atoms with E-state index in [1.54, 1.807) is 4.57 Å². The van der Waals surface area contributed by atoms with Gasteiger partial charge in [0, 0.05) is 11.9 Å². The number of aryl methyl sites for hydroxylation is 2. The lowest BCUT2D eigenvalue weighted by Gasteiger charge is -2.13. The normalized spacial score (nSPS) is 10.8. The summed E-state index contributed by atoms with van der Waals surface area (Å²) in [5.41, 5.74) is 2.96. The Labute approximate surface area is 136 Å². The number of rotatable bonds is 4. The van der Waals surface area contributed by atoms with Gasteiger partial charge in [0.2, 0.25) is 0 Å². The topological polar surface area (TPSA) is 22.0 Å². The van der Waals surface area contributed by atoms with E-state index in [0.717, 1.165) is 12.1 Å². The molecule has 2 nitrogen and oxygen atoms in total. The molecule has 20 heavy (non-hydrogen) atoms. The van der Waals surface area contributed by atoms with Crippen molar-refractivity contribution in [3.8, 4) is 0 Å². The fraction of sp³-hybridized carbons (Fsp3) is 0.267. The molecule has 0 atom stereocenters. The molecular formula is C15H14BrCl2NO. The average molecular weight is 375 g/mol. The van der Waals surface area contributed by atoms with Gasteiger partial charge in [-0.2, -0.15) is 0 Å². The summed E-state index contributed by atoms with van der Waals surface area (Å²) in [4.78, 5) is 12.1. The van der Waals surface area contributed by atoms with Crippen LogP contribution in [0.3, 0.4) is 0 Å². The summed E-state index contributed by atoms with van der Waals surface area (Å²) in [6.07, 6.45) is 0.761. The average Bonchev–Trinajstić information content (AvgIpc) is 2.43. The van der Waals surface area contributed by atoms with Crippen molar-refractivity contribution in [2.75, 3.05) is 0 Å². The predicted molar refractivity (Wildman–Crippen MR) is 88.2 cm³/mol. The van der Waals surface area contributed by atoms with Gasteiger partial charge < -0.3 is 4.57 Å². The van der Waals surface area contributed by atoms with Crippen LogP contribution >= 0.6 is 39.1 Å². The molecule has 106 valence electrons. The van der Waals surface area contributed by atoms with Gasteiger partial charge in [0.1, 0.15) is 5.02 Å². The van der Waals surface area contributed by atoms with E-state index in [4.69, 9.17) is 23.2 Å². The van der Waals surface area contributed by atoms with Crippen LogP contribution in [0, 0.1) is 6.92 Å². The van der Waals surface area contributed by atoms with E-state index >= 15 is 0 Å². The molecule has 0 amide bonds. The van der Waals surface area contributed by atoms with Crippen LogP contribution in [0.15, 0.2) is 35.1 Å². The SMILES string of the molecule is Cc1ccc(CCn2c(CBr)c(Cl)cc(Cl)c2=O)cc1. The molecule has 0 aliphatic carbocycles. The molecule has 0 aliphatic rings. The fourth-order valence-electron chi connectivity index (χ4n) is 2.00. The van der Waals surface area contributed by atoms with Crippen LogP contribution in [-0.4, -0.2) is 4.57 Å². The Morgan fingerprint density at radius 2 is 1.80 bits per heavy atom. The summed E-state index contributed by atoms with van der Waals surface area (Å²) in [6, 6.07) is 9.77. The van der Waals surface area contributed by atoms with Crippen molar-refractivity contribution in [3.63, 3.8) is 0 Å². The lowest BCUT2D eigenvalue weighted by Crippen LogP contribution is -2.24. The minimum absolute atomic E-state index is 0.156. The zero-order valence-corrected chi connectivity index (χ0v) is 14.1. The zero-order chi connectivity index (χ0) is 14.7. The van der Waals surface area contributed by atoms with Crippen LogP contribution in [-0.2, 0) is 18.3 Å². The Morgan fingerprint density at radius 3 is 2.40 bits per heavy atom. The number of halogens is 3. The maximum absolute atomic E-state index is 12.1. The first-order valence-electron chi connectivity index (χ1n) is 6.22. The second kappa shape index (κ2) is 6.79. The van der Waals surface area contributed by atoms with Gasteiger partial charge in [-0.25, -0.2) is 0 Å². The van der Waals surface area contributed by atoms with Gasteiger partial charge in [-0.05, 0) is 25.0 Å². The Hall–Kier alpha value is -0.770. The summed E-state index contributed by atoms with van der Waals surface area (Å²) in [7, 11) is 0. The molecule has 0 radical (unpaired) electrons. The smallest absolute Gasteiger partial charge is 0.269 e. The van der Waals surface area contributed by atoms with Crippen LogP contribution in [0.2, 0.25) is 10.0 Å². The second-order valence-electron chi connectivity index (χ2n) is 4.61. The summed E-state index contributed by atoms with van der Waals surface area (Å²) >= 11 is 15.4. The lowest BCUT2D eigenvalue weighted by atomic mass is 10.1. The minimum atomic E-state index is -0.197. The van der Waals surface area contributed by atoms with E-state index in [1.165, 1.54) is 17.2 Å². The van der Waals surface area contributed by atoms with Crippen molar-refractivity contribution >= 4 is 39.1 Å². The molecule has 1 heterocycles. The molecule has 0 fully saturated rings. The van der Waals surface area contributed by atoms with Crippen molar-refractivity contribution in [2.45, 2.75) is 25.2 Å². The number of hydrogen-bond donors (Lipinski definition) is 0. The van der Waals surface area contributed by atoms with E-state index in [-0.39, 0.29) is 10.6 Å². The van der Waals surface area contributed by atoms with E-state index in [2.05, 4.69) is 40.2 Å². The first-order chi connectivity index (χ1) is 9.52. The van der Waals surface area contributed by atoms with Crippen molar-refractivity contribution in [2.24, 2.45) is 0 Å². The first-order valence-corrected chi connectivity index (χ1v) is 8.10. The molecule has 0 unspecified atom stereocenters. The van der Waals surface area contributed by atoms with Crippen LogP contribution < -0.4 is 5.56 Å². The molecule has 0 bridgehead atoms. The highest BCUT2D eigenvalue weighted by Gasteiger charge is 2.11. The lowest BCUT2D eigenvalue weighted by molar-refractivity contribution is 0.648. The number of pyridine rings is 1. The highest BCUT2D eigenvalue weighted by Crippen LogP contribution is 2.20. The molecule has 0 aliphatic heterocycles. The van der Waals surface area contributed by atoms with Crippen LogP contribution in [0.4, 0.5) is 0 Å². The predicted octanol–water partition coefficient (Wildman–Crippen LogP) is 4.60. The third-order valence-corrected chi connectivity index (χ3v) is 4.30. The second-order valence-corrected chi connectivity index (χ2v) is 5.99. The monoisotopic (exact) mass is 373 g/mol. The Bertz CT molecular complexity index is 665. The van der Waals surface area contributed by atoms with Crippen molar-refractivity contribution in [1.29, 1.82) is 0 Å². The van der Waals surface area contributed by atoms with Gasteiger partial charge in [-0.3, -0.25) is 4.79 Å². The number of hydrogen-bond acceptors (Lipinski definition) is 1. The maximum atomic E-state index is 12.1. The van der Waals surface area contributed by atoms with E-state index in [0.29, 0.717) is 16.9 Å². The van der Waals surface area contributed by atoms with Gasteiger partial charge in [-0.1, -0.05) is 69.0 Å². The summed E-state index contributed by atoms with van der Waals surface area (Å²) in [6.45, 7) is 2.61. The maximum Gasteiger partial charge on any atom is 0.269 e. The van der Waals surface area contributed by atoms with Crippen LogP contribution in [0.1, 0.15) is 16.8 Å². The van der Waals surface area contributed by atoms with Gasteiger partial charge in [-0.15, -0.1) is 0 Å². The summed E-state index contributed by atoms with van der Waals surface area (Å²) < 4.78 is 1.64. The molecule has 1 aromatic heterocycles. The Morgan fingerprint density at radius 1 is 1.15 bits per heavy atom. The highest BCUT2D eigenvalue weighted by atomic mass is 79.9. The van der Waals surface area contributed by atoms with Gasteiger partial charge in [0.05, 0.1) is 10.7 Å². The standard InChI is InChI=1S/C15H14BrCl2NO/c1-10-2-4-11(5-3-10)6-7-19-14(9-16)12(17)8-13(18)15(19)20/h2-5,8H,6-7,9H2,1H3. The number of benzene rings is 1. The Kier molecular flexibility index (Phi) is 5.30. The van der Waals surface area contributed by atoms with Gasteiger partial charge >= 0.3 is 0 Å². The zero-order valence-electron chi connectivity index (χ0n) is 11.0. The molecule has 1 aromatic carbocycles. The van der Waals surface area contributed by atoms with Crippen LogP contribution in [0.25, 0.3) is 0 Å². The van der Waals surface area contributed by atoms with Crippen LogP contribution in [0.5, 0.6) is 0 Å². The number of alkyl halides is 1. The van der Waals surface area contributed by atoms with Gasteiger partial charge in [0.25, 0.3) is 5.56 Å². The van der Waals surface area contributed by atoms with E-state index in [9.17, 15) is 4.79 Å². The van der Waals surface area contributed by atoms with Crippen molar-refractivity contribution in [3.05, 3.63) is 67.6 Å².